The van der Waals surface area contributed by atoms with Crippen LogP contribution in [0.3, 0.4) is 0 Å². The molecular weight excluding hydrogens is 312 g/mol. The van der Waals surface area contributed by atoms with E-state index in [2.05, 4.69) is 33.8 Å². The summed E-state index contributed by atoms with van der Waals surface area (Å²) in [6.45, 7) is 4.31. The zero-order valence-corrected chi connectivity index (χ0v) is 13.9. The van der Waals surface area contributed by atoms with Crippen LogP contribution in [0.2, 0.25) is 0 Å². The first-order chi connectivity index (χ1) is 11.2. The minimum Gasteiger partial charge on any atom is -0.461 e. The Bertz CT molecular complexity index is 787. The number of rotatable bonds is 6. The van der Waals surface area contributed by atoms with Gasteiger partial charge in [-0.15, -0.1) is 10.2 Å². The maximum atomic E-state index is 5.33. The monoisotopic (exact) mass is 330 g/mol. The Kier molecular flexibility index (Phi) is 3.72. The molecule has 0 N–H and O–H groups in total. The van der Waals surface area contributed by atoms with Gasteiger partial charge in [0.05, 0.1) is 12.0 Å². The van der Waals surface area contributed by atoms with Gasteiger partial charge in [-0.3, -0.25) is 0 Å². The molecule has 6 nitrogen and oxygen atoms in total. The molecule has 1 fully saturated rings. The summed E-state index contributed by atoms with van der Waals surface area (Å²) in [5, 5.41) is 13.8. The highest BCUT2D eigenvalue weighted by Gasteiger charge is 2.30. The lowest BCUT2D eigenvalue weighted by atomic mass is 10.2. The molecule has 3 aromatic rings. The summed E-state index contributed by atoms with van der Waals surface area (Å²) in [5.74, 6) is 3.50. The lowest BCUT2D eigenvalue weighted by Gasteiger charge is -2.10. The Hall–Kier alpha value is -2.02. The highest BCUT2D eigenvalue weighted by molar-refractivity contribution is 7.98. The molecule has 120 valence electrons. The van der Waals surface area contributed by atoms with E-state index in [4.69, 9.17) is 8.94 Å². The first-order valence-electron chi connectivity index (χ1n) is 7.79. The maximum Gasteiger partial charge on any atom is 0.202 e. The molecule has 0 aliphatic heterocycles. The van der Waals surface area contributed by atoms with Gasteiger partial charge in [-0.05, 0) is 25.0 Å². The van der Waals surface area contributed by atoms with Gasteiger partial charge >= 0.3 is 0 Å². The van der Waals surface area contributed by atoms with E-state index in [1.807, 2.05) is 18.2 Å². The summed E-state index contributed by atoms with van der Waals surface area (Å²) < 4.78 is 12.9. The Balaban J connectivity index is 1.49. The Morgan fingerprint density at radius 3 is 2.87 bits per heavy atom. The van der Waals surface area contributed by atoms with Gasteiger partial charge in [-0.1, -0.05) is 30.8 Å². The largest absolute Gasteiger partial charge is 0.461 e. The number of nitrogens with zero attached hydrogens (tertiary/aromatic N) is 4. The summed E-state index contributed by atoms with van der Waals surface area (Å²) >= 11 is 1.65. The molecule has 0 saturated heterocycles. The summed E-state index contributed by atoms with van der Waals surface area (Å²) in [6.07, 6.45) is 4.06. The SMILES string of the molecule is CC(C)c1nnc(SCc2cc(-c3ccco3)on2)n1C1CC1. The van der Waals surface area contributed by atoms with Crippen molar-refractivity contribution in [2.24, 2.45) is 0 Å². The Labute approximate surface area is 138 Å². The second-order valence-corrected chi connectivity index (χ2v) is 6.99. The van der Waals surface area contributed by atoms with E-state index in [1.54, 1.807) is 18.0 Å². The molecule has 0 unspecified atom stereocenters. The van der Waals surface area contributed by atoms with Crippen LogP contribution in [0, 0.1) is 0 Å². The van der Waals surface area contributed by atoms with Crippen molar-refractivity contribution in [1.82, 2.24) is 19.9 Å². The average molecular weight is 330 g/mol. The van der Waals surface area contributed by atoms with Gasteiger partial charge in [-0.25, -0.2) is 0 Å². The van der Waals surface area contributed by atoms with Crippen molar-refractivity contribution >= 4 is 11.8 Å². The second kappa shape index (κ2) is 5.88. The van der Waals surface area contributed by atoms with E-state index in [1.165, 1.54) is 12.8 Å². The van der Waals surface area contributed by atoms with Gasteiger partial charge in [0.2, 0.25) is 5.76 Å². The van der Waals surface area contributed by atoms with Gasteiger partial charge in [-0.2, -0.15) is 0 Å². The van der Waals surface area contributed by atoms with Crippen LogP contribution in [0.15, 0.2) is 38.6 Å². The third-order valence-corrected chi connectivity index (χ3v) is 4.77. The predicted octanol–water partition coefficient (Wildman–Crippen LogP) is 4.28. The smallest absolute Gasteiger partial charge is 0.202 e. The molecule has 3 heterocycles. The van der Waals surface area contributed by atoms with Gasteiger partial charge < -0.3 is 13.5 Å². The minimum atomic E-state index is 0.384. The van der Waals surface area contributed by atoms with Crippen molar-refractivity contribution in [1.29, 1.82) is 0 Å². The molecule has 0 spiro atoms. The summed E-state index contributed by atoms with van der Waals surface area (Å²) in [4.78, 5) is 0. The molecular formula is C16H18N4O2S. The lowest BCUT2D eigenvalue weighted by molar-refractivity contribution is 0.413. The molecule has 0 amide bonds. The quantitative estimate of drug-likeness (QED) is 0.628. The first-order valence-corrected chi connectivity index (χ1v) is 8.78. The number of hydrogen-bond donors (Lipinski definition) is 0. The van der Waals surface area contributed by atoms with Crippen LogP contribution in [0.1, 0.15) is 50.2 Å². The van der Waals surface area contributed by atoms with Crippen LogP contribution < -0.4 is 0 Å². The van der Waals surface area contributed by atoms with Gasteiger partial charge in [0.15, 0.2) is 10.9 Å². The maximum absolute atomic E-state index is 5.33. The number of aromatic nitrogens is 4. The van der Waals surface area contributed by atoms with Crippen LogP contribution in [-0.4, -0.2) is 19.9 Å². The van der Waals surface area contributed by atoms with E-state index in [9.17, 15) is 0 Å². The molecule has 23 heavy (non-hydrogen) atoms. The van der Waals surface area contributed by atoms with Crippen molar-refractivity contribution in [2.45, 2.75) is 49.6 Å². The van der Waals surface area contributed by atoms with Crippen LogP contribution in [0.25, 0.3) is 11.5 Å². The van der Waals surface area contributed by atoms with Crippen LogP contribution in [0.5, 0.6) is 0 Å². The van der Waals surface area contributed by atoms with Crippen molar-refractivity contribution < 1.29 is 8.94 Å². The highest BCUT2D eigenvalue weighted by atomic mass is 32.2. The lowest BCUT2D eigenvalue weighted by Crippen LogP contribution is -2.04. The number of furan rings is 1. The van der Waals surface area contributed by atoms with Gasteiger partial charge in [0, 0.05) is 23.8 Å². The minimum absolute atomic E-state index is 0.384. The topological polar surface area (TPSA) is 69.9 Å². The fraction of sp³-hybridized carbons (Fsp3) is 0.438. The summed E-state index contributed by atoms with van der Waals surface area (Å²) in [7, 11) is 0. The fourth-order valence-corrected chi connectivity index (χ4v) is 3.40. The van der Waals surface area contributed by atoms with E-state index >= 15 is 0 Å². The first kappa shape index (κ1) is 14.6. The summed E-state index contributed by atoms with van der Waals surface area (Å²) in [5.41, 5.74) is 0.873. The molecule has 1 aliphatic rings. The van der Waals surface area contributed by atoms with Crippen molar-refractivity contribution in [3.05, 3.63) is 36.0 Å². The van der Waals surface area contributed by atoms with Crippen molar-refractivity contribution in [2.75, 3.05) is 0 Å². The third kappa shape index (κ3) is 2.93. The molecule has 0 aromatic carbocycles. The normalized spacial score (nSPS) is 14.7. The van der Waals surface area contributed by atoms with E-state index in [0.717, 1.165) is 16.7 Å². The summed E-state index contributed by atoms with van der Waals surface area (Å²) in [6, 6.07) is 6.17. The molecule has 1 saturated carbocycles. The Morgan fingerprint density at radius 1 is 1.30 bits per heavy atom. The molecule has 3 aromatic heterocycles. The van der Waals surface area contributed by atoms with Crippen LogP contribution in [-0.2, 0) is 5.75 Å². The van der Waals surface area contributed by atoms with E-state index < -0.39 is 0 Å². The third-order valence-electron chi connectivity index (χ3n) is 3.79. The molecule has 4 rings (SSSR count). The van der Waals surface area contributed by atoms with Crippen molar-refractivity contribution in [3.8, 4) is 11.5 Å². The van der Waals surface area contributed by atoms with Gasteiger partial charge in [0.1, 0.15) is 5.82 Å². The zero-order chi connectivity index (χ0) is 15.8. The average Bonchev–Trinajstić information content (AvgIpc) is 3.00. The van der Waals surface area contributed by atoms with Gasteiger partial charge in [0.25, 0.3) is 0 Å². The van der Waals surface area contributed by atoms with Crippen LogP contribution >= 0.6 is 11.8 Å². The molecule has 0 atom stereocenters. The number of thioether (sulfide) groups is 1. The van der Waals surface area contributed by atoms with E-state index in [-0.39, 0.29) is 0 Å². The fourth-order valence-electron chi connectivity index (χ4n) is 2.51. The molecule has 0 bridgehead atoms. The van der Waals surface area contributed by atoms with E-state index in [0.29, 0.717) is 29.2 Å². The second-order valence-electron chi connectivity index (χ2n) is 6.05. The number of hydrogen-bond acceptors (Lipinski definition) is 6. The molecule has 7 heteroatoms. The molecule has 1 aliphatic carbocycles. The molecule has 0 radical (unpaired) electrons. The van der Waals surface area contributed by atoms with Crippen LogP contribution in [0.4, 0.5) is 0 Å². The predicted molar refractivity (Wildman–Crippen MR) is 86.1 cm³/mol. The zero-order valence-electron chi connectivity index (χ0n) is 13.1. The standard InChI is InChI=1S/C16H18N4O2S/c1-10(2)15-17-18-16(20(15)12-5-6-12)23-9-11-8-14(22-19-11)13-4-3-7-21-13/h3-4,7-8,10,12H,5-6,9H2,1-2H3. The van der Waals surface area contributed by atoms with Crippen molar-refractivity contribution in [3.63, 3.8) is 0 Å². The Morgan fingerprint density at radius 2 is 2.17 bits per heavy atom. The highest BCUT2D eigenvalue weighted by Crippen LogP contribution is 2.40.